The van der Waals surface area contributed by atoms with E-state index in [-0.39, 0.29) is 5.41 Å². The first-order valence-electron chi connectivity index (χ1n) is 5.02. The van der Waals surface area contributed by atoms with E-state index < -0.39 is 0 Å². The molecule has 72 valence electrons. The predicted molar refractivity (Wildman–Crippen MR) is 53.9 cm³/mol. The van der Waals surface area contributed by atoms with E-state index in [2.05, 4.69) is 37.4 Å². The summed E-state index contributed by atoms with van der Waals surface area (Å²) in [5, 5.41) is 0. The van der Waals surface area contributed by atoms with Gasteiger partial charge in [-0.3, -0.25) is 0 Å². The maximum Gasteiger partial charge on any atom is 0.111 e. The van der Waals surface area contributed by atoms with Crippen molar-refractivity contribution in [2.45, 2.75) is 44.9 Å². The van der Waals surface area contributed by atoms with Gasteiger partial charge in [-0.1, -0.05) is 20.8 Å². The molecule has 0 N–H and O–H groups in total. The minimum Gasteiger partial charge on any atom is -0.334 e. The molecular formula is C11H18N2. The molecule has 0 unspecified atom stereocenters. The lowest BCUT2D eigenvalue weighted by Gasteiger charge is -2.19. The molecule has 1 fully saturated rings. The average Bonchev–Trinajstić information content (AvgIpc) is 2.73. The van der Waals surface area contributed by atoms with Gasteiger partial charge >= 0.3 is 0 Å². The van der Waals surface area contributed by atoms with Gasteiger partial charge in [-0.15, -0.1) is 0 Å². The maximum absolute atomic E-state index is 4.51. The highest BCUT2D eigenvalue weighted by molar-refractivity contribution is 5.18. The van der Waals surface area contributed by atoms with Crippen LogP contribution in [-0.2, 0) is 12.5 Å². The van der Waals surface area contributed by atoms with E-state index in [4.69, 9.17) is 0 Å². The molecule has 2 heteroatoms. The Balaban J connectivity index is 2.38. The molecule has 0 amide bonds. The van der Waals surface area contributed by atoms with Gasteiger partial charge in [0.15, 0.2) is 0 Å². The molecule has 0 aliphatic heterocycles. The van der Waals surface area contributed by atoms with Crippen molar-refractivity contribution in [1.82, 2.24) is 9.55 Å². The summed E-state index contributed by atoms with van der Waals surface area (Å²) in [6.07, 6.45) is 4.69. The van der Waals surface area contributed by atoms with Gasteiger partial charge in [0.25, 0.3) is 0 Å². The summed E-state index contributed by atoms with van der Waals surface area (Å²) in [6.45, 7) is 6.71. The molecule has 0 aromatic carbocycles. The van der Waals surface area contributed by atoms with Gasteiger partial charge in [-0.2, -0.15) is 0 Å². The van der Waals surface area contributed by atoms with E-state index in [9.17, 15) is 0 Å². The quantitative estimate of drug-likeness (QED) is 0.646. The van der Waals surface area contributed by atoms with Crippen molar-refractivity contribution in [2.75, 3.05) is 0 Å². The fourth-order valence-electron chi connectivity index (χ4n) is 1.84. The molecule has 1 aromatic heterocycles. The number of rotatable bonds is 1. The van der Waals surface area contributed by atoms with Gasteiger partial charge in [0.2, 0.25) is 0 Å². The van der Waals surface area contributed by atoms with Gasteiger partial charge in [-0.05, 0) is 12.8 Å². The summed E-state index contributed by atoms with van der Waals surface area (Å²) in [4.78, 5) is 4.51. The van der Waals surface area contributed by atoms with Crippen LogP contribution in [-0.4, -0.2) is 9.55 Å². The molecule has 0 spiro atoms. The van der Waals surface area contributed by atoms with Crippen molar-refractivity contribution >= 4 is 0 Å². The molecule has 2 nitrogen and oxygen atoms in total. The summed E-state index contributed by atoms with van der Waals surface area (Å²) in [5.41, 5.74) is 1.56. The number of aromatic nitrogens is 2. The molecule has 1 heterocycles. The highest BCUT2D eigenvalue weighted by Crippen LogP contribution is 2.40. The van der Waals surface area contributed by atoms with Crippen molar-refractivity contribution in [3.63, 3.8) is 0 Å². The maximum atomic E-state index is 4.51. The van der Waals surface area contributed by atoms with Gasteiger partial charge in [0, 0.05) is 30.3 Å². The van der Waals surface area contributed by atoms with Gasteiger partial charge in [0.1, 0.15) is 5.82 Å². The third-order valence-electron chi connectivity index (χ3n) is 2.74. The number of imidazole rings is 1. The van der Waals surface area contributed by atoms with Gasteiger partial charge in [0.05, 0.1) is 0 Å². The minimum absolute atomic E-state index is 0.217. The van der Waals surface area contributed by atoms with E-state index >= 15 is 0 Å². The SMILES string of the molecule is Cn1c(C(C)(C)C)cnc1C1CC1. The molecule has 2 rings (SSSR count). The zero-order valence-electron chi connectivity index (χ0n) is 8.96. The minimum atomic E-state index is 0.217. The van der Waals surface area contributed by atoms with Crippen LogP contribution < -0.4 is 0 Å². The molecule has 0 saturated heterocycles. The second kappa shape index (κ2) is 2.60. The van der Waals surface area contributed by atoms with E-state index in [1.807, 2.05) is 6.20 Å². The van der Waals surface area contributed by atoms with Crippen molar-refractivity contribution < 1.29 is 0 Å². The smallest absolute Gasteiger partial charge is 0.111 e. The van der Waals surface area contributed by atoms with Crippen LogP contribution in [0.5, 0.6) is 0 Å². The lowest BCUT2D eigenvalue weighted by atomic mass is 9.93. The Morgan fingerprint density at radius 2 is 2.00 bits per heavy atom. The van der Waals surface area contributed by atoms with Gasteiger partial charge < -0.3 is 4.57 Å². The molecule has 0 radical (unpaired) electrons. The van der Waals surface area contributed by atoms with Crippen LogP contribution in [0.2, 0.25) is 0 Å². The van der Waals surface area contributed by atoms with Gasteiger partial charge in [-0.25, -0.2) is 4.98 Å². The molecule has 13 heavy (non-hydrogen) atoms. The Morgan fingerprint density at radius 1 is 1.38 bits per heavy atom. The summed E-state index contributed by atoms with van der Waals surface area (Å²) in [6, 6.07) is 0. The first-order valence-corrected chi connectivity index (χ1v) is 5.02. The Morgan fingerprint density at radius 3 is 2.38 bits per heavy atom. The Hall–Kier alpha value is -0.790. The van der Waals surface area contributed by atoms with E-state index in [0.29, 0.717) is 0 Å². The van der Waals surface area contributed by atoms with Crippen molar-refractivity contribution in [3.05, 3.63) is 17.7 Å². The molecular weight excluding hydrogens is 160 g/mol. The predicted octanol–water partition coefficient (Wildman–Crippen LogP) is 2.60. The van der Waals surface area contributed by atoms with Crippen LogP contribution in [0.3, 0.4) is 0 Å². The monoisotopic (exact) mass is 178 g/mol. The second-order valence-corrected chi connectivity index (χ2v) is 5.08. The highest BCUT2D eigenvalue weighted by Gasteiger charge is 2.30. The van der Waals surface area contributed by atoms with Crippen LogP contribution in [0.15, 0.2) is 6.20 Å². The van der Waals surface area contributed by atoms with Crippen LogP contribution in [0.1, 0.15) is 51.0 Å². The standard InChI is InChI=1S/C11H18N2/c1-11(2,3)9-7-12-10(13(9)4)8-5-6-8/h7-8H,5-6H2,1-4H3. The third kappa shape index (κ3) is 1.50. The van der Waals surface area contributed by atoms with Crippen LogP contribution in [0.4, 0.5) is 0 Å². The summed E-state index contributed by atoms with van der Waals surface area (Å²) in [5.74, 6) is 2.03. The van der Waals surface area contributed by atoms with E-state index in [1.165, 1.54) is 24.4 Å². The van der Waals surface area contributed by atoms with Crippen molar-refractivity contribution in [3.8, 4) is 0 Å². The van der Waals surface area contributed by atoms with Crippen LogP contribution in [0, 0.1) is 0 Å². The molecule has 1 saturated carbocycles. The highest BCUT2D eigenvalue weighted by atomic mass is 15.1. The van der Waals surface area contributed by atoms with Crippen LogP contribution in [0.25, 0.3) is 0 Å². The van der Waals surface area contributed by atoms with Crippen molar-refractivity contribution in [1.29, 1.82) is 0 Å². The first-order chi connectivity index (χ1) is 6.00. The van der Waals surface area contributed by atoms with E-state index in [1.54, 1.807) is 0 Å². The molecule has 1 aliphatic carbocycles. The number of hydrogen-bond donors (Lipinski definition) is 0. The zero-order chi connectivity index (χ0) is 9.64. The van der Waals surface area contributed by atoms with E-state index in [0.717, 1.165) is 5.92 Å². The Labute approximate surface area is 80.0 Å². The lowest BCUT2D eigenvalue weighted by Crippen LogP contribution is -2.16. The lowest BCUT2D eigenvalue weighted by molar-refractivity contribution is 0.537. The van der Waals surface area contributed by atoms with Crippen molar-refractivity contribution in [2.24, 2.45) is 7.05 Å². The molecule has 0 atom stereocenters. The summed E-state index contributed by atoms with van der Waals surface area (Å²) < 4.78 is 2.28. The number of nitrogens with zero attached hydrogens (tertiary/aromatic N) is 2. The van der Waals surface area contributed by atoms with Crippen LogP contribution >= 0.6 is 0 Å². The zero-order valence-corrected chi connectivity index (χ0v) is 8.96. The average molecular weight is 178 g/mol. The first kappa shape index (κ1) is 8.79. The topological polar surface area (TPSA) is 17.8 Å². The fourth-order valence-corrected chi connectivity index (χ4v) is 1.84. The number of hydrogen-bond acceptors (Lipinski definition) is 1. The molecule has 0 bridgehead atoms. The fraction of sp³-hybridized carbons (Fsp3) is 0.727. The Kier molecular flexibility index (Phi) is 1.76. The normalized spacial score (nSPS) is 17.8. The third-order valence-corrected chi connectivity index (χ3v) is 2.74. The Bertz CT molecular complexity index is 313. The largest absolute Gasteiger partial charge is 0.334 e. The molecule has 1 aromatic rings. The molecule has 1 aliphatic rings. The second-order valence-electron chi connectivity index (χ2n) is 5.08. The summed E-state index contributed by atoms with van der Waals surface area (Å²) in [7, 11) is 2.14. The summed E-state index contributed by atoms with van der Waals surface area (Å²) >= 11 is 0.